The lowest BCUT2D eigenvalue weighted by Crippen LogP contribution is -2.53. The number of benzene rings is 2. The summed E-state index contributed by atoms with van der Waals surface area (Å²) in [6, 6.07) is 14.3. The first-order chi connectivity index (χ1) is 14.2. The molecule has 4 rings (SSSR count). The van der Waals surface area contributed by atoms with Crippen molar-refractivity contribution in [2.45, 2.75) is 26.3 Å². The van der Waals surface area contributed by atoms with E-state index in [0.717, 1.165) is 25.2 Å². The fourth-order valence-electron chi connectivity index (χ4n) is 4.55. The molecule has 2 heterocycles. The molecule has 7 heteroatoms. The van der Waals surface area contributed by atoms with Gasteiger partial charge in [-0.1, -0.05) is 12.1 Å². The highest BCUT2D eigenvalue weighted by atomic mass is 32.2. The zero-order valence-electron chi connectivity index (χ0n) is 17.8. The van der Waals surface area contributed by atoms with Crippen LogP contribution in [-0.4, -0.2) is 64.1 Å². The van der Waals surface area contributed by atoms with Crippen molar-refractivity contribution in [1.29, 1.82) is 0 Å². The van der Waals surface area contributed by atoms with Crippen molar-refractivity contribution in [3.63, 3.8) is 0 Å². The standard InChI is InChI=1S/C23H29N3O3S/c1-17-5-4-6-21(13-17)25-12-11-24(15-18(25)2)16-23(27)20-7-8-22-19(14-20)9-10-26(22)30(3,28)29/h4-8,13-14,18H,9-12,15-16H2,1-3H3. The molecule has 0 aromatic heterocycles. The zero-order chi connectivity index (χ0) is 21.5. The largest absolute Gasteiger partial charge is 0.366 e. The van der Waals surface area contributed by atoms with Crippen LogP contribution in [0, 0.1) is 6.92 Å². The Morgan fingerprint density at radius 2 is 1.90 bits per heavy atom. The van der Waals surface area contributed by atoms with Gasteiger partial charge in [-0.15, -0.1) is 0 Å². The average Bonchev–Trinajstić information content (AvgIpc) is 3.11. The summed E-state index contributed by atoms with van der Waals surface area (Å²) in [5.74, 6) is 0.0896. The Balaban J connectivity index is 1.41. The molecule has 0 amide bonds. The third-order valence-electron chi connectivity index (χ3n) is 6.07. The molecule has 1 saturated heterocycles. The van der Waals surface area contributed by atoms with Crippen molar-refractivity contribution < 1.29 is 13.2 Å². The molecule has 2 aromatic rings. The lowest BCUT2D eigenvalue weighted by atomic mass is 10.0. The molecule has 0 saturated carbocycles. The van der Waals surface area contributed by atoms with Crippen LogP contribution < -0.4 is 9.21 Å². The van der Waals surface area contributed by atoms with Crippen LogP contribution in [0.3, 0.4) is 0 Å². The van der Waals surface area contributed by atoms with E-state index in [9.17, 15) is 13.2 Å². The number of nitrogens with zero attached hydrogens (tertiary/aromatic N) is 3. The molecule has 30 heavy (non-hydrogen) atoms. The monoisotopic (exact) mass is 427 g/mol. The van der Waals surface area contributed by atoms with Gasteiger partial charge in [-0.3, -0.25) is 14.0 Å². The molecular formula is C23H29N3O3S. The van der Waals surface area contributed by atoms with E-state index in [1.807, 2.05) is 6.07 Å². The first-order valence-corrected chi connectivity index (χ1v) is 12.3. The van der Waals surface area contributed by atoms with E-state index in [0.29, 0.717) is 36.8 Å². The number of hydrogen-bond acceptors (Lipinski definition) is 5. The number of Topliss-reactive ketones (excluding diaryl/α,β-unsaturated/α-hetero) is 1. The van der Waals surface area contributed by atoms with Gasteiger partial charge in [0, 0.05) is 43.5 Å². The second-order valence-electron chi connectivity index (χ2n) is 8.47. The van der Waals surface area contributed by atoms with Crippen molar-refractivity contribution in [3.05, 3.63) is 59.2 Å². The quantitative estimate of drug-likeness (QED) is 0.687. The number of anilines is 2. The van der Waals surface area contributed by atoms with Crippen LogP contribution in [0.5, 0.6) is 0 Å². The van der Waals surface area contributed by atoms with Crippen LogP contribution in [0.15, 0.2) is 42.5 Å². The molecule has 0 radical (unpaired) electrons. The van der Waals surface area contributed by atoms with Gasteiger partial charge in [0.1, 0.15) is 0 Å². The Morgan fingerprint density at radius 3 is 2.60 bits per heavy atom. The summed E-state index contributed by atoms with van der Waals surface area (Å²) in [5, 5.41) is 0. The maximum atomic E-state index is 12.9. The van der Waals surface area contributed by atoms with Crippen LogP contribution in [0.25, 0.3) is 0 Å². The predicted molar refractivity (Wildman–Crippen MR) is 121 cm³/mol. The van der Waals surface area contributed by atoms with Crippen LogP contribution in [-0.2, 0) is 16.4 Å². The Kier molecular flexibility index (Phi) is 5.59. The fraction of sp³-hybridized carbons (Fsp3) is 0.435. The van der Waals surface area contributed by atoms with Gasteiger partial charge >= 0.3 is 0 Å². The highest BCUT2D eigenvalue weighted by Gasteiger charge is 2.28. The summed E-state index contributed by atoms with van der Waals surface area (Å²) >= 11 is 0. The number of fused-ring (bicyclic) bond motifs is 1. The molecule has 160 valence electrons. The van der Waals surface area contributed by atoms with Crippen LogP contribution in [0.2, 0.25) is 0 Å². The highest BCUT2D eigenvalue weighted by Crippen LogP contribution is 2.31. The third-order valence-corrected chi connectivity index (χ3v) is 7.25. The highest BCUT2D eigenvalue weighted by molar-refractivity contribution is 7.92. The molecule has 2 aliphatic heterocycles. The average molecular weight is 428 g/mol. The lowest BCUT2D eigenvalue weighted by molar-refractivity contribution is 0.0917. The molecule has 0 N–H and O–H groups in total. The number of carbonyl (C=O) groups is 1. The Hall–Kier alpha value is -2.38. The molecule has 2 aliphatic rings. The van der Waals surface area contributed by atoms with Gasteiger partial charge < -0.3 is 4.90 Å². The van der Waals surface area contributed by atoms with E-state index >= 15 is 0 Å². The van der Waals surface area contributed by atoms with Gasteiger partial charge in [0.05, 0.1) is 18.5 Å². The van der Waals surface area contributed by atoms with Gasteiger partial charge in [-0.2, -0.15) is 0 Å². The van der Waals surface area contributed by atoms with Crippen molar-refractivity contribution in [2.75, 3.05) is 48.2 Å². The van der Waals surface area contributed by atoms with Crippen molar-refractivity contribution >= 4 is 27.2 Å². The lowest BCUT2D eigenvalue weighted by Gasteiger charge is -2.41. The Morgan fingerprint density at radius 1 is 1.10 bits per heavy atom. The SMILES string of the molecule is Cc1cccc(N2CCN(CC(=O)c3ccc4c(c3)CCN4S(C)(=O)=O)CC2C)c1. The van der Waals surface area contributed by atoms with Gasteiger partial charge in [-0.05, 0) is 61.7 Å². The number of rotatable bonds is 5. The second kappa shape index (κ2) is 8.04. The minimum Gasteiger partial charge on any atom is -0.366 e. The summed E-state index contributed by atoms with van der Waals surface area (Å²) in [6.45, 7) is 7.72. The van der Waals surface area contributed by atoms with Gasteiger partial charge in [0.25, 0.3) is 0 Å². The molecule has 0 aliphatic carbocycles. The Labute approximate surface area is 179 Å². The molecule has 1 atom stereocenters. The maximum absolute atomic E-state index is 12.9. The van der Waals surface area contributed by atoms with Crippen molar-refractivity contribution in [3.8, 4) is 0 Å². The van der Waals surface area contributed by atoms with Crippen LogP contribution in [0.1, 0.15) is 28.4 Å². The molecule has 1 unspecified atom stereocenters. The third kappa shape index (κ3) is 4.23. The molecule has 2 aromatic carbocycles. The van der Waals surface area contributed by atoms with Crippen molar-refractivity contribution in [1.82, 2.24) is 4.90 Å². The number of hydrogen-bond donors (Lipinski definition) is 0. The molecule has 0 spiro atoms. The van der Waals surface area contributed by atoms with E-state index in [1.54, 1.807) is 12.1 Å². The molecule has 6 nitrogen and oxygen atoms in total. The summed E-state index contributed by atoms with van der Waals surface area (Å²) in [5.41, 5.74) is 4.79. The summed E-state index contributed by atoms with van der Waals surface area (Å²) in [6.07, 6.45) is 1.87. The second-order valence-corrected chi connectivity index (χ2v) is 10.4. The van der Waals surface area contributed by atoms with Crippen LogP contribution >= 0.6 is 0 Å². The van der Waals surface area contributed by atoms with Gasteiger partial charge in [-0.25, -0.2) is 8.42 Å². The van der Waals surface area contributed by atoms with E-state index in [1.165, 1.54) is 21.8 Å². The smallest absolute Gasteiger partial charge is 0.232 e. The number of piperazine rings is 1. The minimum atomic E-state index is -3.27. The summed E-state index contributed by atoms with van der Waals surface area (Å²) < 4.78 is 25.2. The Bertz CT molecular complexity index is 1070. The van der Waals surface area contributed by atoms with E-state index in [4.69, 9.17) is 0 Å². The number of carbonyl (C=O) groups excluding carboxylic acids is 1. The number of aryl methyl sites for hydroxylation is 1. The number of sulfonamides is 1. The van der Waals surface area contributed by atoms with Crippen LogP contribution in [0.4, 0.5) is 11.4 Å². The number of ketones is 1. The summed E-state index contributed by atoms with van der Waals surface area (Å²) in [7, 11) is -3.27. The van der Waals surface area contributed by atoms with E-state index < -0.39 is 10.0 Å². The fourth-order valence-corrected chi connectivity index (χ4v) is 5.51. The van der Waals surface area contributed by atoms with E-state index in [2.05, 4.69) is 47.9 Å². The summed E-state index contributed by atoms with van der Waals surface area (Å²) in [4.78, 5) is 17.5. The predicted octanol–water partition coefficient (Wildman–Crippen LogP) is 2.71. The van der Waals surface area contributed by atoms with Gasteiger partial charge in [0.2, 0.25) is 10.0 Å². The van der Waals surface area contributed by atoms with E-state index in [-0.39, 0.29) is 5.78 Å². The van der Waals surface area contributed by atoms with Crippen molar-refractivity contribution in [2.24, 2.45) is 0 Å². The first kappa shape index (κ1) is 20.9. The molecule has 1 fully saturated rings. The molecule has 0 bridgehead atoms. The normalized spacial score (nSPS) is 19.8. The topological polar surface area (TPSA) is 60.9 Å². The molecular weight excluding hydrogens is 398 g/mol. The zero-order valence-corrected chi connectivity index (χ0v) is 18.7. The van der Waals surface area contributed by atoms with Gasteiger partial charge in [0.15, 0.2) is 5.78 Å². The minimum absolute atomic E-state index is 0.0896. The first-order valence-electron chi connectivity index (χ1n) is 10.4. The maximum Gasteiger partial charge on any atom is 0.232 e.